The van der Waals surface area contributed by atoms with Crippen LogP contribution in [0.25, 0.3) is 0 Å². The van der Waals surface area contributed by atoms with Gasteiger partial charge in [0, 0.05) is 19.6 Å². The van der Waals surface area contributed by atoms with Crippen LogP contribution in [0.3, 0.4) is 0 Å². The second-order valence-electron chi connectivity index (χ2n) is 5.63. The van der Waals surface area contributed by atoms with Crippen molar-refractivity contribution in [2.24, 2.45) is 10.9 Å². The van der Waals surface area contributed by atoms with Crippen LogP contribution in [0, 0.1) is 5.92 Å². The Morgan fingerprint density at radius 1 is 1.45 bits per heavy atom. The van der Waals surface area contributed by atoms with Crippen molar-refractivity contribution in [3.63, 3.8) is 0 Å². The molecular weight excluding hydrogens is 397 g/mol. The largest absolute Gasteiger partial charge is 0.357 e. The highest BCUT2D eigenvalue weighted by atomic mass is 127. The van der Waals surface area contributed by atoms with Gasteiger partial charge in [-0.25, -0.2) is 4.79 Å². The molecule has 0 spiro atoms. The van der Waals surface area contributed by atoms with Gasteiger partial charge >= 0.3 is 6.03 Å². The Bertz CT molecular complexity index is 413. The summed E-state index contributed by atoms with van der Waals surface area (Å²) in [5, 5.41) is 5.81. The lowest BCUT2D eigenvalue weighted by Crippen LogP contribution is -2.46. The number of urea groups is 1. The second-order valence-corrected chi connectivity index (χ2v) is 5.63. The predicted octanol–water partition coefficient (Wildman–Crippen LogP) is 0.854. The number of hydrogen-bond donors (Lipinski definition) is 2. The van der Waals surface area contributed by atoms with Crippen LogP contribution in [-0.4, -0.2) is 67.0 Å². The molecule has 2 N–H and O–H groups in total. The van der Waals surface area contributed by atoms with Crippen molar-refractivity contribution in [3.05, 3.63) is 0 Å². The zero-order chi connectivity index (χ0) is 15.2. The molecule has 0 aromatic rings. The van der Waals surface area contributed by atoms with Crippen LogP contribution in [0.5, 0.6) is 0 Å². The normalized spacial score (nSPS) is 22.5. The lowest BCUT2D eigenvalue weighted by molar-refractivity contribution is -0.124. The van der Waals surface area contributed by atoms with E-state index in [9.17, 15) is 9.59 Å². The van der Waals surface area contributed by atoms with E-state index in [1.165, 1.54) is 17.7 Å². The van der Waals surface area contributed by atoms with Crippen molar-refractivity contribution in [1.82, 2.24) is 20.4 Å². The van der Waals surface area contributed by atoms with Gasteiger partial charge in [-0.3, -0.25) is 14.7 Å². The molecular formula is C14H26IN5O2. The Kier molecular flexibility index (Phi) is 7.91. The van der Waals surface area contributed by atoms with Gasteiger partial charge in [0.15, 0.2) is 5.96 Å². The number of nitrogens with one attached hydrogen (secondary N) is 2. The molecule has 2 aliphatic rings. The Hall–Kier alpha value is -1.06. The summed E-state index contributed by atoms with van der Waals surface area (Å²) in [6.45, 7) is 8.01. The summed E-state index contributed by atoms with van der Waals surface area (Å²) in [7, 11) is 0. The van der Waals surface area contributed by atoms with Crippen molar-refractivity contribution in [2.75, 3.05) is 39.3 Å². The van der Waals surface area contributed by atoms with Crippen LogP contribution < -0.4 is 10.6 Å². The molecule has 0 bridgehead atoms. The molecule has 126 valence electrons. The topological polar surface area (TPSA) is 77.0 Å². The Balaban J connectivity index is 0.00000242. The Labute approximate surface area is 148 Å². The zero-order valence-electron chi connectivity index (χ0n) is 13.3. The number of halogens is 1. The summed E-state index contributed by atoms with van der Waals surface area (Å²) in [6, 6.07) is -0.313. The van der Waals surface area contributed by atoms with E-state index in [2.05, 4.69) is 27.4 Å². The maximum atomic E-state index is 11.5. The van der Waals surface area contributed by atoms with Crippen LogP contribution in [0.1, 0.15) is 26.7 Å². The number of carbonyl (C=O) groups excluding carboxylic acids is 2. The smallest absolute Gasteiger partial charge is 0.324 e. The van der Waals surface area contributed by atoms with Gasteiger partial charge in [-0.2, -0.15) is 0 Å². The highest BCUT2D eigenvalue weighted by Gasteiger charge is 2.27. The van der Waals surface area contributed by atoms with Gasteiger partial charge in [-0.1, -0.05) is 6.92 Å². The molecule has 7 nitrogen and oxygen atoms in total. The van der Waals surface area contributed by atoms with Gasteiger partial charge in [-0.05, 0) is 25.7 Å². The number of hydrogen-bond acceptors (Lipinski definition) is 3. The standard InChI is InChI=1S/C14H25N5O2.HI/c1-3-15-13(18-7-4-5-11(2)10-18)16-6-8-19-12(20)9-17-14(19)21;/h11H,3-10H2,1-2H3,(H,15,16)(H,17,21);1H. The molecule has 8 heteroatoms. The highest BCUT2D eigenvalue weighted by Crippen LogP contribution is 2.15. The molecule has 2 saturated heterocycles. The quantitative estimate of drug-likeness (QED) is 0.304. The van der Waals surface area contributed by atoms with E-state index in [1.54, 1.807) is 0 Å². The molecule has 22 heavy (non-hydrogen) atoms. The summed E-state index contributed by atoms with van der Waals surface area (Å²) in [5.41, 5.74) is 0. The van der Waals surface area contributed by atoms with E-state index in [0.717, 1.165) is 25.6 Å². The molecule has 2 fully saturated rings. The molecule has 2 aliphatic heterocycles. The Morgan fingerprint density at radius 2 is 2.23 bits per heavy atom. The minimum atomic E-state index is -0.313. The van der Waals surface area contributed by atoms with E-state index >= 15 is 0 Å². The van der Waals surface area contributed by atoms with Crippen LogP contribution in [0.2, 0.25) is 0 Å². The molecule has 2 rings (SSSR count). The second kappa shape index (κ2) is 9.16. The van der Waals surface area contributed by atoms with Crippen LogP contribution >= 0.6 is 24.0 Å². The third-order valence-electron chi connectivity index (χ3n) is 3.81. The first-order valence-corrected chi connectivity index (χ1v) is 7.73. The highest BCUT2D eigenvalue weighted by molar-refractivity contribution is 14.0. The van der Waals surface area contributed by atoms with Gasteiger partial charge in [0.1, 0.15) is 0 Å². The summed E-state index contributed by atoms with van der Waals surface area (Å²) in [4.78, 5) is 31.0. The molecule has 2 heterocycles. The third-order valence-corrected chi connectivity index (χ3v) is 3.81. The summed E-state index contributed by atoms with van der Waals surface area (Å²) < 4.78 is 0. The fourth-order valence-electron chi connectivity index (χ4n) is 2.75. The number of aliphatic imine (C=N–C) groups is 1. The number of imide groups is 1. The summed E-state index contributed by atoms with van der Waals surface area (Å²) in [6.07, 6.45) is 2.44. The van der Waals surface area contributed by atoms with Gasteiger partial charge in [0.05, 0.1) is 19.6 Å². The summed E-state index contributed by atoms with van der Waals surface area (Å²) >= 11 is 0. The first-order chi connectivity index (χ1) is 10.1. The van der Waals surface area contributed by atoms with Gasteiger partial charge in [0.25, 0.3) is 0 Å². The van der Waals surface area contributed by atoms with Crippen LogP contribution in [0.4, 0.5) is 4.79 Å². The predicted molar refractivity (Wildman–Crippen MR) is 96.5 cm³/mol. The molecule has 1 atom stereocenters. The molecule has 0 aliphatic carbocycles. The lowest BCUT2D eigenvalue weighted by atomic mass is 10.0. The molecule has 0 aromatic heterocycles. The average molecular weight is 423 g/mol. The molecule has 0 saturated carbocycles. The van der Waals surface area contributed by atoms with E-state index in [4.69, 9.17) is 0 Å². The summed E-state index contributed by atoms with van der Waals surface area (Å²) in [5.74, 6) is 1.39. The van der Waals surface area contributed by atoms with E-state index in [1.807, 2.05) is 6.92 Å². The fourth-order valence-corrected chi connectivity index (χ4v) is 2.75. The molecule has 0 aromatic carbocycles. The maximum Gasteiger partial charge on any atom is 0.324 e. The van der Waals surface area contributed by atoms with Gasteiger partial charge in [0.2, 0.25) is 5.91 Å². The van der Waals surface area contributed by atoms with Gasteiger partial charge in [-0.15, -0.1) is 24.0 Å². The molecule has 3 amide bonds. The SMILES string of the molecule is CCNC(=NCCN1C(=O)CNC1=O)N1CCCC(C)C1.I. The molecule has 1 unspecified atom stereocenters. The number of carbonyl (C=O) groups is 2. The van der Waals surface area contributed by atoms with Crippen molar-refractivity contribution in [2.45, 2.75) is 26.7 Å². The van der Waals surface area contributed by atoms with Crippen molar-refractivity contribution >= 4 is 41.9 Å². The van der Waals surface area contributed by atoms with Crippen LogP contribution in [-0.2, 0) is 4.79 Å². The number of likely N-dealkylation sites (tertiary alicyclic amines) is 1. The first kappa shape index (κ1) is 19.0. The van der Waals surface area contributed by atoms with E-state index < -0.39 is 0 Å². The maximum absolute atomic E-state index is 11.5. The number of rotatable bonds is 4. The van der Waals surface area contributed by atoms with E-state index in [0.29, 0.717) is 19.0 Å². The third kappa shape index (κ3) is 4.99. The number of amides is 3. The first-order valence-electron chi connectivity index (χ1n) is 7.73. The minimum Gasteiger partial charge on any atom is -0.357 e. The van der Waals surface area contributed by atoms with Gasteiger partial charge < -0.3 is 15.5 Å². The average Bonchev–Trinajstić information content (AvgIpc) is 2.78. The van der Waals surface area contributed by atoms with Crippen molar-refractivity contribution < 1.29 is 9.59 Å². The number of nitrogens with zero attached hydrogens (tertiary/aromatic N) is 3. The van der Waals surface area contributed by atoms with Crippen molar-refractivity contribution in [3.8, 4) is 0 Å². The number of guanidine groups is 1. The van der Waals surface area contributed by atoms with Crippen molar-refractivity contribution in [1.29, 1.82) is 0 Å². The minimum absolute atomic E-state index is 0. The Morgan fingerprint density at radius 3 is 2.82 bits per heavy atom. The molecule has 0 radical (unpaired) electrons. The number of piperidine rings is 1. The lowest BCUT2D eigenvalue weighted by Gasteiger charge is -2.33. The fraction of sp³-hybridized carbons (Fsp3) is 0.786. The van der Waals surface area contributed by atoms with E-state index in [-0.39, 0.29) is 42.5 Å². The van der Waals surface area contributed by atoms with Crippen LogP contribution in [0.15, 0.2) is 4.99 Å². The monoisotopic (exact) mass is 423 g/mol. The zero-order valence-corrected chi connectivity index (χ0v) is 15.6.